The molecule has 0 fully saturated rings. The molecule has 0 aliphatic carbocycles. The number of ether oxygens (including phenoxy) is 2. The molecule has 9 heteroatoms. The van der Waals surface area contributed by atoms with Crippen LogP contribution in [0.1, 0.15) is 11.5 Å². The third-order valence-electron chi connectivity index (χ3n) is 1.98. The Bertz CT molecular complexity index is 429. The highest BCUT2D eigenvalue weighted by Gasteiger charge is 2.27. The summed E-state index contributed by atoms with van der Waals surface area (Å²) in [5.74, 6) is 0.622. The third-order valence-corrected chi connectivity index (χ3v) is 2.81. The zero-order chi connectivity index (χ0) is 14.5. The first-order valence-electron chi connectivity index (χ1n) is 5.24. The predicted octanol–water partition coefficient (Wildman–Crippen LogP) is 2.51. The lowest BCUT2D eigenvalue weighted by atomic mass is 10.4. The molecule has 0 unspecified atom stereocenters. The smallest absolute Gasteiger partial charge is 0.378 e. The lowest BCUT2D eigenvalue weighted by Crippen LogP contribution is -2.17. The molecule has 0 bridgehead atoms. The van der Waals surface area contributed by atoms with E-state index in [2.05, 4.69) is 36.0 Å². The van der Waals surface area contributed by atoms with Crippen molar-refractivity contribution >= 4 is 21.7 Å². The number of rotatable bonds is 6. The van der Waals surface area contributed by atoms with E-state index < -0.39 is 12.8 Å². The van der Waals surface area contributed by atoms with Crippen LogP contribution in [0.3, 0.4) is 0 Å². The van der Waals surface area contributed by atoms with Gasteiger partial charge >= 0.3 is 6.18 Å². The maximum absolute atomic E-state index is 12.0. The predicted molar refractivity (Wildman–Crippen MR) is 65.7 cm³/mol. The van der Waals surface area contributed by atoms with Crippen molar-refractivity contribution < 1.29 is 22.6 Å². The summed E-state index contributed by atoms with van der Waals surface area (Å²) >= 11 is 3.29. The highest BCUT2D eigenvalue weighted by atomic mass is 79.9. The van der Waals surface area contributed by atoms with E-state index in [0.717, 1.165) is 0 Å². The van der Waals surface area contributed by atoms with E-state index in [4.69, 9.17) is 4.74 Å². The minimum Gasteiger partial charge on any atom is -0.378 e. The van der Waals surface area contributed by atoms with Crippen LogP contribution in [0.2, 0.25) is 0 Å². The topological polar surface area (TPSA) is 56.3 Å². The maximum atomic E-state index is 12.0. The van der Waals surface area contributed by atoms with E-state index in [0.29, 0.717) is 16.0 Å². The van der Waals surface area contributed by atoms with Crippen LogP contribution in [0.4, 0.5) is 19.0 Å². The minimum atomic E-state index is -4.36. The monoisotopic (exact) mass is 343 g/mol. The first-order chi connectivity index (χ1) is 8.87. The standard InChI is InChI=1S/C10H13BrF3N3O2/c1-15-9-8(11)6(3-18-2)16-7(17-9)4-19-5-10(12,13)14/h3-5H2,1-2H3,(H,15,16,17). The summed E-state index contributed by atoms with van der Waals surface area (Å²) in [6.07, 6.45) is -4.36. The molecule has 1 aromatic heterocycles. The maximum Gasteiger partial charge on any atom is 0.411 e. The average molecular weight is 344 g/mol. The summed E-state index contributed by atoms with van der Waals surface area (Å²) in [4.78, 5) is 8.11. The highest BCUT2D eigenvalue weighted by Crippen LogP contribution is 2.24. The number of hydrogen-bond acceptors (Lipinski definition) is 5. The lowest BCUT2D eigenvalue weighted by Gasteiger charge is -2.11. The molecule has 5 nitrogen and oxygen atoms in total. The summed E-state index contributed by atoms with van der Waals surface area (Å²) in [7, 11) is 3.14. The second-order valence-corrected chi connectivity index (χ2v) is 4.33. The van der Waals surface area contributed by atoms with E-state index in [1.54, 1.807) is 7.05 Å². The summed E-state index contributed by atoms with van der Waals surface area (Å²) in [6, 6.07) is 0. The number of hydrogen-bond donors (Lipinski definition) is 1. The van der Waals surface area contributed by atoms with Gasteiger partial charge in [-0.1, -0.05) is 0 Å². The molecular formula is C10H13BrF3N3O2. The van der Waals surface area contributed by atoms with Gasteiger partial charge in [0.05, 0.1) is 16.8 Å². The van der Waals surface area contributed by atoms with E-state index in [-0.39, 0.29) is 19.0 Å². The number of methoxy groups -OCH3 is 1. The van der Waals surface area contributed by atoms with Gasteiger partial charge in [-0.3, -0.25) is 0 Å². The van der Waals surface area contributed by atoms with Crippen molar-refractivity contribution in [3.8, 4) is 0 Å². The first-order valence-corrected chi connectivity index (χ1v) is 6.03. The molecule has 19 heavy (non-hydrogen) atoms. The van der Waals surface area contributed by atoms with Crippen molar-refractivity contribution in [2.45, 2.75) is 19.4 Å². The number of alkyl halides is 3. The summed E-state index contributed by atoms with van der Waals surface area (Å²) in [6.45, 7) is -1.44. The zero-order valence-electron chi connectivity index (χ0n) is 10.3. The van der Waals surface area contributed by atoms with Crippen molar-refractivity contribution in [2.24, 2.45) is 0 Å². The summed E-state index contributed by atoms with van der Waals surface area (Å²) in [5, 5.41) is 2.81. The number of nitrogens with zero attached hydrogens (tertiary/aromatic N) is 2. The SMILES string of the molecule is CNc1nc(COCC(F)(F)F)nc(COC)c1Br. The van der Waals surface area contributed by atoms with Crippen LogP contribution in [0.25, 0.3) is 0 Å². The van der Waals surface area contributed by atoms with Gasteiger partial charge in [0, 0.05) is 14.2 Å². The molecule has 0 radical (unpaired) electrons. The Morgan fingerprint density at radius 1 is 1.26 bits per heavy atom. The summed E-state index contributed by atoms with van der Waals surface area (Å²) < 4.78 is 46.0. The number of halogens is 4. The molecule has 0 aromatic carbocycles. The fraction of sp³-hybridized carbons (Fsp3) is 0.600. The molecule has 0 saturated carbocycles. The van der Waals surface area contributed by atoms with Gasteiger partial charge in [-0.2, -0.15) is 13.2 Å². The molecule has 1 rings (SSSR count). The van der Waals surface area contributed by atoms with Crippen molar-refractivity contribution in [1.82, 2.24) is 9.97 Å². The fourth-order valence-electron chi connectivity index (χ4n) is 1.27. The molecule has 0 aliphatic heterocycles. The Labute approximate surface area is 116 Å². The molecule has 0 amide bonds. The van der Waals surface area contributed by atoms with Crippen molar-refractivity contribution in [2.75, 3.05) is 26.1 Å². The third kappa shape index (κ3) is 5.29. The van der Waals surface area contributed by atoms with Crippen LogP contribution < -0.4 is 5.32 Å². The second-order valence-electron chi connectivity index (χ2n) is 3.54. The highest BCUT2D eigenvalue weighted by molar-refractivity contribution is 9.10. The van der Waals surface area contributed by atoms with Gasteiger partial charge < -0.3 is 14.8 Å². The molecule has 0 aliphatic rings. The van der Waals surface area contributed by atoms with Crippen LogP contribution in [-0.2, 0) is 22.7 Å². The molecule has 0 atom stereocenters. The van der Waals surface area contributed by atoms with Gasteiger partial charge in [-0.15, -0.1) is 0 Å². The van der Waals surface area contributed by atoms with Crippen LogP contribution in [0.5, 0.6) is 0 Å². The van der Waals surface area contributed by atoms with Crippen molar-refractivity contribution in [3.05, 3.63) is 16.0 Å². The number of nitrogens with one attached hydrogen (secondary N) is 1. The molecule has 1 aromatic rings. The molecule has 1 N–H and O–H groups in total. The van der Waals surface area contributed by atoms with Gasteiger partial charge in [-0.25, -0.2) is 9.97 Å². The van der Waals surface area contributed by atoms with Crippen molar-refractivity contribution in [3.63, 3.8) is 0 Å². The Balaban J connectivity index is 2.80. The lowest BCUT2D eigenvalue weighted by molar-refractivity contribution is -0.177. The average Bonchev–Trinajstić information content (AvgIpc) is 2.31. The Hall–Kier alpha value is -0.930. The molecule has 108 valence electrons. The molecule has 0 saturated heterocycles. The van der Waals surface area contributed by atoms with Crippen molar-refractivity contribution in [1.29, 1.82) is 0 Å². The minimum absolute atomic E-state index is 0.156. The van der Waals surface area contributed by atoms with E-state index in [1.165, 1.54) is 7.11 Å². The van der Waals surface area contributed by atoms with Gasteiger partial charge in [0.1, 0.15) is 19.0 Å². The van der Waals surface area contributed by atoms with E-state index >= 15 is 0 Å². The molecular weight excluding hydrogens is 331 g/mol. The van der Waals surface area contributed by atoms with Gasteiger partial charge in [-0.05, 0) is 15.9 Å². The zero-order valence-corrected chi connectivity index (χ0v) is 11.9. The number of aromatic nitrogens is 2. The quantitative estimate of drug-likeness (QED) is 0.859. The molecule has 0 spiro atoms. The Morgan fingerprint density at radius 3 is 2.47 bits per heavy atom. The van der Waals surface area contributed by atoms with E-state index in [9.17, 15) is 13.2 Å². The van der Waals surface area contributed by atoms with Gasteiger partial charge in [0.25, 0.3) is 0 Å². The number of anilines is 1. The Kier molecular flexibility index (Phi) is 5.95. The largest absolute Gasteiger partial charge is 0.411 e. The van der Waals surface area contributed by atoms with E-state index in [1.807, 2.05) is 0 Å². The van der Waals surface area contributed by atoms with Crippen LogP contribution in [0, 0.1) is 0 Å². The second kappa shape index (κ2) is 7.01. The van der Waals surface area contributed by atoms with Gasteiger partial charge in [0.2, 0.25) is 0 Å². The van der Waals surface area contributed by atoms with Crippen LogP contribution >= 0.6 is 15.9 Å². The normalized spacial score (nSPS) is 11.7. The molecule has 1 heterocycles. The Morgan fingerprint density at radius 2 is 1.95 bits per heavy atom. The summed E-state index contributed by atoms with van der Waals surface area (Å²) in [5.41, 5.74) is 0.535. The van der Waals surface area contributed by atoms with Crippen LogP contribution in [0.15, 0.2) is 4.47 Å². The van der Waals surface area contributed by atoms with Gasteiger partial charge in [0.15, 0.2) is 5.82 Å². The first kappa shape index (κ1) is 16.1. The fourth-order valence-corrected chi connectivity index (χ4v) is 1.76. The van der Waals surface area contributed by atoms with Crippen LogP contribution in [-0.4, -0.2) is 36.9 Å².